The summed E-state index contributed by atoms with van der Waals surface area (Å²) in [6, 6.07) is 15.1. The summed E-state index contributed by atoms with van der Waals surface area (Å²) in [5, 5.41) is 20.3. The second-order valence-electron chi connectivity index (χ2n) is 5.66. The zero-order chi connectivity index (χ0) is 17.1. The molecule has 0 aliphatic heterocycles. The quantitative estimate of drug-likeness (QED) is 0.677. The number of hydrogen-bond acceptors (Lipinski definition) is 4. The lowest BCUT2D eigenvalue weighted by atomic mass is 10.3. The predicted molar refractivity (Wildman–Crippen MR) is 96.0 cm³/mol. The van der Waals surface area contributed by atoms with Gasteiger partial charge in [0, 0.05) is 4.47 Å². The minimum atomic E-state index is -0.719. The summed E-state index contributed by atoms with van der Waals surface area (Å²) >= 11 is 3.37. The highest BCUT2D eigenvalue weighted by Crippen LogP contribution is 2.21. The molecule has 0 radical (unpaired) electrons. The van der Waals surface area contributed by atoms with Crippen molar-refractivity contribution in [3.8, 4) is 5.75 Å². The normalized spacial score (nSPS) is 13.8. The molecule has 3 rings (SSSR count). The van der Waals surface area contributed by atoms with Gasteiger partial charge in [-0.25, -0.2) is 4.98 Å². The van der Waals surface area contributed by atoms with E-state index in [4.69, 9.17) is 4.74 Å². The maximum absolute atomic E-state index is 10.3. The topological polar surface area (TPSA) is 67.5 Å². The van der Waals surface area contributed by atoms with Crippen molar-refractivity contribution < 1.29 is 14.9 Å². The van der Waals surface area contributed by atoms with Gasteiger partial charge in [0.25, 0.3) is 0 Å². The molecule has 0 saturated carbocycles. The molecule has 2 unspecified atom stereocenters. The first-order chi connectivity index (χ1) is 11.5. The summed E-state index contributed by atoms with van der Waals surface area (Å²) in [5.41, 5.74) is 1.69. The molecule has 1 aromatic heterocycles. The van der Waals surface area contributed by atoms with E-state index in [0.29, 0.717) is 18.1 Å². The van der Waals surface area contributed by atoms with Crippen LogP contribution in [0.25, 0.3) is 11.0 Å². The van der Waals surface area contributed by atoms with E-state index in [1.165, 1.54) is 0 Å². The Hall–Kier alpha value is -1.89. The molecule has 6 heteroatoms. The molecule has 0 aliphatic rings. The SMILES string of the molecule is CC(O)c1nc2ccccc2n1CC(O)COc1ccc(Br)cc1. The van der Waals surface area contributed by atoms with Crippen LogP contribution in [0.2, 0.25) is 0 Å². The lowest BCUT2D eigenvalue weighted by Crippen LogP contribution is -2.25. The number of ether oxygens (including phenoxy) is 1. The molecule has 2 aromatic carbocycles. The standard InChI is InChI=1S/C18H19BrN2O3/c1-12(22)18-20-16-4-2-3-5-17(16)21(18)10-14(23)11-24-15-8-6-13(19)7-9-15/h2-9,12,14,22-23H,10-11H2,1H3. The average molecular weight is 391 g/mol. The van der Waals surface area contributed by atoms with E-state index in [-0.39, 0.29) is 6.61 Å². The number of rotatable bonds is 6. The largest absolute Gasteiger partial charge is 0.491 e. The van der Waals surface area contributed by atoms with E-state index in [9.17, 15) is 10.2 Å². The first kappa shape index (κ1) is 17.0. The average Bonchev–Trinajstić information content (AvgIpc) is 2.93. The number of aliphatic hydroxyl groups excluding tert-OH is 2. The Morgan fingerprint density at radius 2 is 1.83 bits per heavy atom. The van der Waals surface area contributed by atoms with Crippen molar-refractivity contribution in [1.82, 2.24) is 9.55 Å². The first-order valence-corrected chi connectivity index (χ1v) is 8.53. The maximum Gasteiger partial charge on any atom is 0.138 e. The monoisotopic (exact) mass is 390 g/mol. The van der Waals surface area contributed by atoms with E-state index in [1.807, 2.05) is 53.1 Å². The maximum atomic E-state index is 10.3. The van der Waals surface area contributed by atoms with Crippen molar-refractivity contribution >= 4 is 27.0 Å². The fraction of sp³-hybridized carbons (Fsp3) is 0.278. The Balaban J connectivity index is 1.73. The van der Waals surface area contributed by atoms with Crippen LogP contribution < -0.4 is 4.74 Å². The van der Waals surface area contributed by atoms with Gasteiger partial charge in [0.15, 0.2) is 0 Å². The zero-order valence-corrected chi connectivity index (χ0v) is 14.8. The smallest absolute Gasteiger partial charge is 0.138 e. The van der Waals surface area contributed by atoms with E-state index < -0.39 is 12.2 Å². The van der Waals surface area contributed by atoms with Crippen LogP contribution in [0.3, 0.4) is 0 Å². The Kier molecular flexibility index (Phi) is 5.18. The van der Waals surface area contributed by atoms with Crippen LogP contribution in [0.4, 0.5) is 0 Å². The van der Waals surface area contributed by atoms with Crippen molar-refractivity contribution in [2.45, 2.75) is 25.7 Å². The lowest BCUT2D eigenvalue weighted by Gasteiger charge is -2.16. The van der Waals surface area contributed by atoms with E-state index in [2.05, 4.69) is 20.9 Å². The number of aromatic nitrogens is 2. The van der Waals surface area contributed by atoms with Crippen LogP contribution in [0, 0.1) is 0 Å². The number of halogens is 1. The molecule has 2 atom stereocenters. The number of fused-ring (bicyclic) bond motifs is 1. The van der Waals surface area contributed by atoms with E-state index in [1.54, 1.807) is 6.92 Å². The molecule has 0 aliphatic carbocycles. The third kappa shape index (κ3) is 3.77. The van der Waals surface area contributed by atoms with Gasteiger partial charge in [-0.15, -0.1) is 0 Å². The second kappa shape index (κ2) is 7.34. The summed E-state index contributed by atoms with van der Waals surface area (Å²) in [6.07, 6.45) is -1.43. The molecule has 5 nitrogen and oxygen atoms in total. The molecule has 0 spiro atoms. The van der Waals surface area contributed by atoms with Gasteiger partial charge in [-0.05, 0) is 43.3 Å². The number of hydrogen-bond donors (Lipinski definition) is 2. The highest BCUT2D eigenvalue weighted by Gasteiger charge is 2.17. The molecule has 0 bridgehead atoms. The predicted octanol–water partition coefficient (Wildman–Crippen LogP) is 3.29. The number of aliphatic hydroxyl groups is 2. The van der Waals surface area contributed by atoms with Gasteiger partial charge >= 0.3 is 0 Å². The van der Waals surface area contributed by atoms with Gasteiger partial charge < -0.3 is 19.5 Å². The van der Waals surface area contributed by atoms with Crippen LogP contribution in [0.5, 0.6) is 5.75 Å². The summed E-state index contributed by atoms with van der Waals surface area (Å²) in [6.45, 7) is 2.13. The molecule has 126 valence electrons. The van der Waals surface area contributed by atoms with Crippen LogP contribution in [-0.2, 0) is 6.54 Å². The molecule has 24 heavy (non-hydrogen) atoms. The minimum Gasteiger partial charge on any atom is -0.491 e. The van der Waals surface area contributed by atoms with Crippen molar-refractivity contribution in [3.63, 3.8) is 0 Å². The lowest BCUT2D eigenvalue weighted by molar-refractivity contribution is 0.0895. The summed E-state index contributed by atoms with van der Waals surface area (Å²) < 4.78 is 8.43. The van der Waals surface area contributed by atoms with Crippen molar-refractivity contribution in [1.29, 1.82) is 0 Å². The van der Waals surface area contributed by atoms with Gasteiger partial charge in [0.2, 0.25) is 0 Å². The van der Waals surface area contributed by atoms with Crippen molar-refractivity contribution in [2.75, 3.05) is 6.61 Å². The van der Waals surface area contributed by atoms with Gasteiger partial charge in [-0.3, -0.25) is 0 Å². The van der Waals surface area contributed by atoms with Gasteiger partial charge in [0.1, 0.15) is 30.4 Å². The molecule has 0 amide bonds. The molecule has 1 heterocycles. The van der Waals surface area contributed by atoms with Crippen molar-refractivity contribution in [3.05, 3.63) is 58.8 Å². The van der Waals surface area contributed by atoms with E-state index >= 15 is 0 Å². The molecule has 2 N–H and O–H groups in total. The number of benzene rings is 2. The van der Waals surface area contributed by atoms with E-state index in [0.717, 1.165) is 15.5 Å². The minimum absolute atomic E-state index is 0.160. The fourth-order valence-corrected chi connectivity index (χ4v) is 2.86. The highest BCUT2D eigenvalue weighted by molar-refractivity contribution is 9.10. The van der Waals surface area contributed by atoms with Gasteiger partial charge in [0.05, 0.1) is 17.6 Å². The number of nitrogens with zero attached hydrogens (tertiary/aromatic N) is 2. The molecular weight excluding hydrogens is 372 g/mol. The first-order valence-electron chi connectivity index (χ1n) is 7.74. The van der Waals surface area contributed by atoms with Crippen molar-refractivity contribution in [2.24, 2.45) is 0 Å². The summed E-state index contributed by atoms with van der Waals surface area (Å²) in [7, 11) is 0. The van der Waals surface area contributed by atoms with Gasteiger partial charge in [-0.1, -0.05) is 28.1 Å². The summed E-state index contributed by atoms with van der Waals surface area (Å²) in [5.74, 6) is 1.24. The Labute approximate surface area is 148 Å². The van der Waals surface area contributed by atoms with Crippen LogP contribution in [-0.4, -0.2) is 32.5 Å². The Morgan fingerprint density at radius 3 is 2.54 bits per heavy atom. The molecular formula is C18H19BrN2O3. The Morgan fingerprint density at radius 1 is 1.12 bits per heavy atom. The summed E-state index contributed by atoms with van der Waals surface area (Å²) in [4.78, 5) is 4.45. The van der Waals surface area contributed by atoms with Gasteiger partial charge in [-0.2, -0.15) is 0 Å². The molecule has 3 aromatic rings. The van der Waals surface area contributed by atoms with Crippen LogP contribution >= 0.6 is 15.9 Å². The number of imidazole rings is 1. The van der Waals surface area contributed by atoms with Crippen LogP contribution in [0.15, 0.2) is 53.0 Å². The third-order valence-electron chi connectivity index (χ3n) is 3.71. The third-order valence-corrected chi connectivity index (χ3v) is 4.24. The number of para-hydroxylation sites is 2. The zero-order valence-electron chi connectivity index (χ0n) is 13.3. The molecule has 0 saturated heterocycles. The molecule has 0 fully saturated rings. The van der Waals surface area contributed by atoms with Crippen LogP contribution in [0.1, 0.15) is 18.9 Å². The highest BCUT2D eigenvalue weighted by atomic mass is 79.9. The second-order valence-corrected chi connectivity index (χ2v) is 6.58. The fourth-order valence-electron chi connectivity index (χ4n) is 2.59. The Bertz CT molecular complexity index is 815.